The van der Waals surface area contributed by atoms with Crippen molar-refractivity contribution in [3.63, 3.8) is 0 Å². The van der Waals surface area contributed by atoms with Crippen molar-refractivity contribution in [1.82, 2.24) is 0 Å². The Kier molecular flexibility index (Phi) is 6.93. The highest BCUT2D eigenvalue weighted by Crippen LogP contribution is 2.45. The molecule has 0 unspecified atom stereocenters. The molecule has 0 aromatic heterocycles. The van der Waals surface area contributed by atoms with Gasteiger partial charge in [0.25, 0.3) is 5.91 Å². The monoisotopic (exact) mass is 469 g/mol. The number of rotatable bonds is 4. The number of nitrogens with one attached hydrogen (secondary N) is 1. The van der Waals surface area contributed by atoms with E-state index in [9.17, 15) is 10.1 Å². The Morgan fingerprint density at radius 1 is 1.25 bits per heavy atom. The van der Waals surface area contributed by atoms with Gasteiger partial charge in [-0.25, -0.2) is 0 Å². The summed E-state index contributed by atoms with van der Waals surface area (Å²) < 4.78 is 0. The van der Waals surface area contributed by atoms with Gasteiger partial charge in [0.2, 0.25) is 0 Å². The van der Waals surface area contributed by atoms with Crippen molar-refractivity contribution < 1.29 is 4.79 Å². The minimum Gasteiger partial charge on any atom is -0.364 e. The van der Waals surface area contributed by atoms with E-state index < -0.39 is 5.91 Å². The minimum absolute atomic E-state index is 0.0311. The van der Waals surface area contributed by atoms with Crippen molar-refractivity contribution in [2.45, 2.75) is 65.5 Å². The molecule has 0 bridgehead atoms. The Labute approximate surface area is 200 Å². The van der Waals surface area contributed by atoms with Crippen LogP contribution in [0.2, 0.25) is 10.0 Å². The van der Waals surface area contributed by atoms with E-state index in [1.54, 1.807) is 24.3 Å². The van der Waals surface area contributed by atoms with Crippen LogP contribution in [0, 0.1) is 18.3 Å². The molecule has 0 saturated carbocycles. The van der Waals surface area contributed by atoms with Gasteiger partial charge in [0.15, 0.2) is 0 Å². The second-order valence-electron chi connectivity index (χ2n) is 9.40. The van der Waals surface area contributed by atoms with Gasteiger partial charge in [-0.15, -0.1) is 0 Å². The SMILES string of the molecule is Cc1cc2c(cc1/C=C(/C#N)C(=O)Nc1ccc(Cl)c(Cl)c1)[C@H](C)CC(C)(C)N2C(C)C. The summed E-state index contributed by atoms with van der Waals surface area (Å²) in [4.78, 5) is 15.2. The number of aryl methyl sites for hydroxylation is 1. The maximum Gasteiger partial charge on any atom is 0.266 e. The smallest absolute Gasteiger partial charge is 0.266 e. The third-order valence-electron chi connectivity index (χ3n) is 6.02. The molecule has 0 radical (unpaired) electrons. The number of amides is 1. The standard InChI is InChI=1S/C26H29Cl2N3O/c1-15(2)31-24-9-16(3)18(11-21(24)17(4)13-26(31,5)6)10-19(14-29)25(32)30-20-7-8-22(27)23(28)12-20/h7-12,15,17H,13H2,1-6H3,(H,30,32)/b19-10-/t17-/m1/s1. The molecule has 4 nitrogen and oxygen atoms in total. The number of nitriles is 1. The average Bonchev–Trinajstić information content (AvgIpc) is 2.68. The first-order chi connectivity index (χ1) is 14.9. The third-order valence-corrected chi connectivity index (χ3v) is 6.76. The first kappa shape index (κ1) is 24.2. The lowest BCUT2D eigenvalue weighted by molar-refractivity contribution is -0.112. The molecule has 6 heteroatoms. The first-order valence-corrected chi connectivity index (χ1v) is 11.5. The number of hydrogen-bond acceptors (Lipinski definition) is 3. The molecule has 168 valence electrons. The highest BCUT2D eigenvalue weighted by molar-refractivity contribution is 6.42. The highest BCUT2D eigenvalue weighted by Gasteiger charge is 2.37. The van der Waals surface area contributed by atoms with E-state index in [-0.39, 0.29) is 11.1 Å². The third kappa shape index (κ3) is 4.80. The van der Waals surface area contributed by atoms with Crippen molar-refractivity contribution in [2.75, 3.05) is 10.2 Å². The molecule has 2 aromatic carbocycles. The average molecular weight is 470 g/mol. The summed E-state index contributed by atoms with van der Waals surface area (Å²) in [6.45, 7) is 13.3. The number of benzene rings is 2. The molecule has 0 spiro atoms. The maximum absolute atomic E-state index is 12.7. The molecule has 1 aliphatic heterocycles. The molecule has 1 heterocycles. The molecular formula is C26H29Cl2N3O. The van der Waals surface area contributed by atoms with Crippen LogP contribution in [0.15, 0.2) is 35.9 Å². The van der Waals surface area contributed by atoms with Gasteiger partial charge in [-0.05, 0) is 100 Å². The summed E-state index contributed by atoms with van der Waals surface area (Å²) in [6, 6.07) is 11.5. The van der Waals surface area contributed by atoms with Gasteiger partial charge >= 0.3 is 0 Å². The summed E-state index contributed by atoms with van der Waals surface area (Å²) in [5, 5.41) is 13.1. The zero-order valence-corrected chi connectivity index (χ0v) is 20.9. The van der Waals surface area contributed by atoms with E-state index in [4.69, 9.17) is 23.2 Å². The van der Waals surface area contributed by atoms with Crippen LogP contribution >= 0.6 is 23.2 Å². The fraction of sp³-hybridized carbons (Fsp3) is 0.385. The van der Waals surface area contributed by atoms with Gasteiger partial charge in [0.1, 0.15) is 11.6 Å². The summed E-state index contributed by atoms with van der Waals surface area (Å²) in [5.74, 6) is -0.112. The molecule has 0 fully saturated rings. The molecule has 3 rings (SSSR count). The largest absolute Gasteiger partial charge is 0.364 e. The van der Waals surface area contributed by atoms with Crippen molar-refractivity contribution >= 4 is 46.6 Å². The number of carbonyl (C=O) groups is 1. The van der Waals surface area contributed by atoms with E-state index in [1.807, 2.05) is 13.0 Å². The number of carbonyl (C=O) groups excluding carboxylic acids is 1. The zero-order valence-electron chi connectivity index (χ0n) is 19.4. The Balaban J connectivity index is 1.98. The Bertz CT molecular complexity index is 1130. The van der Waals surface area contributed by atoms with Crippen LogP contribution in [-0.4, -0.2) is 17.5 Å². The fourth-order valence-corrected chi connectivity index (χ4v) is 5.12. The van der Waals surface area contributed by atoms with Gasteiger partial charge in [-0.1, -0.05) is 30.1 Å². The predicted molar refractivity (Wildman–Crippen MR) is 135 cm³/mol. The van der Waals surface area contributed by atoms with Crippen LogP contribution in [-0.2, 0) is 4.79 Å². The Hall–Kier alpha value is -2.48. The van der Waals surface area contributed by atoms with Crippen LogP contribution in [0.1, 0.15) is 63.6 Å². The van der Waals surface area contributed by atoms with E-state index >= 15 is 0 Å². The zero-order chi connectivity index (χ0) is 23.8. The second kappa shape index (κ2) is 9.17. The predicted octanol–water partition coefficient (Wildman–Crippen LogP) is 7.35. The van der Waals surface area contributed by atoms with Crippen molar-refractivity contribution in [3.8, 4) is 6.07 Å². The highest BCUT2D eigenvalue weighted by atomic mass is 35.5. The van der Waals surface area contributed by atoms with Crippen molar-refractivity contribution in [1.29, 1.82) is 5.26 Å². The van der Waals surface area contributed by atoms with Crippen LogP contribution in [0.4, 0.5) is 11.4 Å². The lowest BCUT2D eigenvalue weighted by Gasteiger charge is -2.50. The number of fused-ring (bicyclic) bond motifs is 1. The van der Waals surface area contributed by atoms with Gasteiger partial charge in [0, 0.05) is 23.0 Å². The normalized spacial score (nSPS) is 17.7. The minimum atomic E-state index is -0.485. The number of hydrogen-bond donors (Lipinski definition) is 1. The second-order valence-corrected chi connectivity index (χ2v) is 10.2. The number of halogens is 2. The number of anilines is 2. The molecule has 1 atom stereocenters. The van der Waals surface area contributed by atoms with Crippen LogP contribution < -0.4 is 10.2 Å². The Morgan fingerprint density at radius 3 is 2.53 bits per heavy atom. The lowest BCUT2D eigenvalue weighted by atomic mass is 9.78. The van der Waals surface area contributed by atoms with Crippen molar-refractivity contribution in [2.24, 2.45) is 0 Å². The van der Waals surface area contributed by atoms with Gasteiger partial charge < -0.3 is 10.2 Å². The summed E-state index contributed by atoms with van der Waals surface area (Å²) in [7, 11) is 0. The van der Waals surface area contributed by atoms with Gasteiger partial charge in [0.05, 0.1) is 10.0 Å². The molecule has 2 aromatic rings. The van der Waals surface area contributed by atoms with Gasteiger partial charge in [-0.3, -0.25) is 4.79 Å². The van der Waals surface area contributed by atoms with E-state index in [0.29, 0.717) is 27.7 Å². The van der Waals surface area contributed by atoms with E-state index in [1.165, 1.54) is 11.3 Å². The molecule has 1 aliphatic rings. The Morgan fingerprint density at radius 2 is 1.94 bits per heavy atom. The molecule has 0 saturated heterocycles. The summed E-state index contributed by atoms with van der Waals surface area (Å²) >= 11 is 12.0. The van der Waals surface area contributed by atoms with Crippen LogP contribution in [0.25, 0.3) is 6.08 Å². The topological polar surface area (TPSA) is 56.1 Å². The first-order valence-electron chi connectivity index (χ1n) is 10.8. The fourth-order valence-electron chi connectivity index (χ4n) is 4.82. The lowest BCUT2D eigenvalue weighted by Crippen LogP contribution is -2.51. The van der Waals surface area contributed by atoms with Crippen molar-refractivity contribution in [3.05, 3.63) is 62.6 Å². The molecule has 1 amide bonds. The molecule has 32 heavy (non-hydrogen) atoms. The van der Waals surface area contributed by atoms with E-state index in [0.717, 1.165) is 17.5 Å². The molecule has 0 aliphatic carbocycles. The summed E-state index contributed by atoms with van der Waals surface area (Å²) in [6.07, 6.45) is 2.70. The quantitative estimate of drug-likeness (QED) is 0.376. The van der Waals surface area contributed by atoms with Crippen LogP contribution in [0.3, 0.4) is 0 Å². The number of nitrogens with zero attached hydrogens (tertiary/aromatic N) is 2. The summed E-state index contributed by atoms with van der Waals surface area (Å²) in [5.41, 5.74) is 4.95. The van der Waals surface area contributed by atoms with Crippen LogP contribution in [0.5, 0.6) is 0 Å². The van der Waals surface area contributed by atoms with Gasteiger partial charge in [-0.2, -0.15) is 5.26 Å². The van der Waals surface area contributed by atoms with E-state index in [2.05, 4.69) is 57.0 Å². The maximum atomic E-state index is 12.7. The molecule has 1 N–H and O–H groups in total. The molecular weight excluding hydrogens is 441 g/mol.